The summed E-state index contributed by atoms with van der Waals surface area (Å²) in [6.07, 6.45) is 1.54. The summed E-state index contributed by atoms with van der Waals surface area (Å²) in [4.78, 5) is 13.7. The molecular formula is C12H19ClN2O3S. The first-order valence-corrected chi connectivity index (χ1v) is 7.43. The molecule has 0 fully saturated rings. The van der Waals surface area contributed by atoms with Gasteiger partial charge in [-0.05, 0) is 38.4 Å². The average molecular weight is 307 g/mol. The van der Waals surface area contributed by atoms with Gasteiger partial charge in [0.2, 0.25) is 10.0 Å². The summed E-state index contributed by atoms with van der Waals surface area (Å²) < 4.78 is 24.4. The highest BCUT2D eigenvalue weighted by molar-refractivity contribution is 7.92. The van der Waals surface area contributed by atoms with Crippen molar-refractivity contribution < 1.29 is 13.2 Å². The van der Waals surface area contributed by atoms with Gasteiger partial charge in [-0.3, -0.25) is 9.52 Å². The number of rotatable bonds is 6. The smallest absolute Gasteiger partial charge is 0.229 e. The second kappa shape index (κ2) is 7.47. The molecule has 0 saturated heterocycles. The molecule has 0 aliphatic carbocycles. The van der Waals surface area contributed by atoms with Gasteiger partial charge in [0.1, 0.15) is 0 Å². The molecule has 0 aliphatic heterocycles. The minimum Gasteiger partial charge on any atom is -0.309 e. The lowest BCUT2D eigenvalue weighted by Crippen LogP contribution is -2.16. The quantitative estimate of drug-likeness (QED) is 0.811. The SMILES string of the molecule is CN(C)CCC(=O)c1ccc(NS(C)(=O)=O)cc1.Cl. The third kappa shape index (κ3) is 7.15. The maximum absolute atomic E-state index is 11.8. The fraction of sp³-hybridized carbons (Fsp3) is 0.417. The Labute approximate surface area is 120 Å². The Morgan fingerprint density at radius 3 is 2.16 bits per heavy atom. The first-order valence-electron chi connectivity index (χ1n) is 5.54. The van der Waals surface area contributed by atoms with E-state index < -0.39 is 10.0 Å². The topological polar surface area (TPSA) is 66.5 Å². The molecule has 0 aromatic heterocycles. The lowest BCUT2D eigenvalue weighted by atomic mass is 10.1. The number of halogens is 1. The van der Waals surface area contributed by atoms with E-state index in [0.29, 0.717) is 24.2 Å². The number of benzene rings is 1. The molecule has 5 nitrogen and oxygen atoms in total. The second-order valence-corrected chi connectivity index (χ2v) is 6.18. The number of nitrogens with zero attached hydrogens (tertiary/aromatic N) is 1. The molecule has 7 heteroatoms. The number of anilines is 1. The van der Waals surface area contributed by atoms with E-state index in [1.807, 2.05) is 19.0 Å². The first kappa shape index (κ1) is 17.9. The molecule has 0 spiro atoms. The van der Waals surface area contributed by atoms with Gasteiger partial charge in [0.15, 0.2) is 5.78 Å². The Bertz CT molecular complexity index is 512. The van der Waals surface area contributed by atoms with Crippen LogP contribution >= 0.6 is 12.4 Å². The third-order valence-electron chi connectivity index (χ3n) is 2.30. The van der Waals surface area contributed by atoms with Gasteiger partial charge in [-0.2, -0.15) is 0 Å². The van der Waals surface area contributed by atoms with Crippen molar-refractivity contribution in [3.05, 3.63) is 29.8 Å². The van der Waals surface area contributed by atoms with Crippen LogP contribution in [-0.2, 0) is 10.0 Å². The summed E-state index contributed by atoms with van der Waals surface area (Å²) in [7, 11) is 0.545. The monoisotopic (exact) mass is 306 g/mol. The van der Waals surface area contributed by atoms with E-state index in [4.69, 9.17) is 0 Å². The van der Waals surface area contributed by atoms with Crippen molar-refractivity contribution in [2.75, 3.05) is 31.6 Å². The molecule has 0 unspecified atom stereocenters. The molecule has 19 heavy (non-hydrogen) atoms. The molecule has 0 atom stereocenters. The molecule has 108 valence electrons. The van der Waals surface area contributed by atoms with E-state index in [2.05, 4.69) is 4.72 Å². The summed E-state index contributed by atoms with van der Waals surface area (Å²) in [5.74, 6) is 0.0506. The van der Waals surface area contributed by atoms with Crippen LogP contribution in [0.3, 0.4) is 0 Å². The van der Waals surface area contributed by atoms with Crippen LogP contribution in [0.2, 0.25) is 0 Å². The van der Waals surface area contributed by atoms with Gasteiger partial charge < -0.3 is 4.90 Å². The molecule has 0 saturated carbocycles. The van der Waals surface area contributed by atoms with Crippen molar-refractivity contribution in [2.24, 2.45) is 0 Å². The average Bonchev–Trinajstić information content (AvgIpc) is 2.24. The zero-order chi connectivity index (χ0) is 13.8. The Morgan fingerprint density at radius 2 is 1.74 bits per heavy atom. The molecule has 0 heterocycles. The molecule has 0 radical (unpaired) electrons. The predicted octanol–water partition coefficient (Wildman–Crippen LogP) is 1.61. The van der Waals surface area contributed by atoms with Crippen LogP contribution in [0.4, 0.5) is 5.69 Å². The van der Waals surface area contributed by atoms with Crippen LogP contribution in [0.15, 0.2) is 24.3 Å². The Kier molecular flexibility index (Phi) is 7.04. The fourth-order valence-corrected chi connectivity index (χ4v) is 1.97. The van der Waals surface area contributed by atoms with Crippen LogP contribution < -0.4 is 4.72 Å². The molecule has 1 rings (SSSR count). The lowest BCUT2D eigenvalue weighted by molar-refractivity contribution is 0.0972. The van der Waals surface area contributed by atoms with E-state index in [-0.39, 0.29) is 18.2 Å². The van der Waals surface area contributed by atoms with E-state index in [1.54, 1.807) is 24.3 Å². The maximum Gasteiger partial charge on any atom is 0.229 e. The molecule has 0 aliphatic rings. The standard InChI is InChI=1S/C12H18N2O3S.ClH/c1-14(2)9-8-12(15)10-4-6-11(7-5-10)13-18(3,16)17;/h4-7,13H,8-9H2,1-3H3;1H. The van der Waals surface area contributed by atoms with Crippen molar-refractivity contribution in [1.82, 2.24) is 4.90 Å². The van der Waals surface area contributed by atoms with Gasteiger partial charge in [0.05, 0.1) is 6.26 Å². The second-order valence-electron chi connectivity index (χ2n) is 4.43. The van der Waals surface area contributed by atoms with Crippen LogP contribution in [0, 0.1) is 0 Å². The number of carbonyl (C=O) groups excluding carboxylic acids is 1. The minimum atomic E-state index is -3.27. The highest BCUT2D eigenvalue weighted by Gasteiger charge is 2.07. The summed E-state index contributed by atoms with van der Waals surface area (Å²) in [6.45, 7) is 0.697. The van der Waals surface area contributed by atoms with Crippen LogP contribution in [0.1, 0.15) is 16.8 Å². The van der Waals surface area contributed by atoms with Gasteiger partial charge in [0, 0.05) is 24.2 Å². The number of carbonyl (C=O) groups is 1. The van der Waals surface area contributed by atoms with E-state index in [0.717, 1.165) is 6.26 Å². The number of hydrogen-bond donors (Lipinski definition) is 1. The van der Waals surface area contributed by atoms with Crippen molar-refractivity contribution in [3.8, 4) is 0 Å². The minimum absolute atomic E-state index is 0. The van der Waals surface area contributed by atoms with Crippen molar-refractivity contribution >= 4 is 33.9 Å². The van der Waals surface area contributed by atoms with Gasteiger partial charge >= 0.3 is 0 Å². The van der Waals surface area contributed by atoms with Crippen molar-refractivity contribution in [1.29, 1.82) is 0 Å². The zero-order valence-corrected chi connectivity index (χ0v) is 12.8. The molecule has 1 aromatic rings. The summed E-state index contributed by atoms with van der Waals surface area (Å²) >= 11 is 0. The Hall–Kier alpha value is -1.11. The van der Waals surface area contributed by atoms with E-state index in [1.165, 1.54) is 0 Å². The molecular weight excluding hydrogens is 288 g/mol. The zero-order valence-electron chi connectivity index (χ0n) is 11.2. The van der Waals surface area contributed by atoms with Crippen molar-refractivity contribution in [3.63, 3.8) is 0 Å². The van der Waals surface area contributed by atoms with Gasteiger partial charge in [-0.15, -0.1) is 12.4 Å². The van der Waals surface area contributed by atoms with Crippen molar-refractivity contribution in [2.45, 2.75) is 6.42 Å². The largest absolute Gasteiger partial charge is 0.309 e. The van der Waals surface area contributed by atoms with Gasteiger partial charge in [-0.25, -0.2) is 8.42 Å². The van der Waals surface area contributed by atoms with Gasteiger partial charge in [0.25, 0.3) is 0 Å². The predicted molar refractivity (Wildman–Crippen MR) is 79.7 cm³/mol. The van der Waals surface area contributed by atoms with E-state index >= 15 is 0 Å². The molecule has 1 N–H and O–H groups in total. The van der Waals surface area contributed by atoms with Crippen LogP contribution in [0.25, 0.3) is 0 Å². The summed E-state index contributed by atoms with van der Waals surface area (Å²) in [6, 6.07) is 6.44. The van der Waals surface area contributed by atoms with Crippen LogP contribution in [0.5, 0.6) is 0 Å². The van der Waals surface area contributed by atoms with E-state index in [9.17, 15) is 13.2 Å². The summed E-state index contributed by atoms with van der Waals surface area (Å²) in [5, 5.41) is 0. The van der Waals surface area contributed by atoms with Crippen LogP contribution in [-0.4, -0.2) is 46.0 Å². The highest BCUT2D eigenvalue weighted by atomic mass is 35.5. The third-order valence-corrected chi connectivity index (χ3v) is 2.90. The lowest BCUT2D eigenvalue weighted by Gasteiger charge is -2.09. The first-order chi connectivity index (χ1) is 8.28. The fourth-order valence-electron chi connectivity index (χ4n) is 1.41. The Balaban J connectivity index is 0.00000324. The highest BCUT2D eigenvalue weighted by Crippen LogP contribution is 2.12. The molecule has 0 bridgehead atoms. The summed E-state index contributed by atoms with van der Waals surface area (Å²) in [5.41, 5.74) is 1.05. The maximum atomic E-state index is 11.8. The number of nitrogens with one attached hydrogen (secondary N) is 1. The Morgan fingerprint density at radius 1 is 1.21 bits per heavy atom. The van der Waals surface area contributed by atoms with Gasteiger partial charge in [-0.1, -0.05) is 0 Å². The molecule has 0 amide bonds. The number of sulfonamides is 1. The molecule has 1 aromatic carbocycles. The number of hydrogen-bond acceptors (Lipinski definition) is 4. The normalized spacial score (nSPS) is 10.9. The number of Topliss-reactive ketones (excluding diaryl/α,β-unsaturated/α-hetero) is 1. The number of ketones is 1.